The van der Waals surface area contributed by atoms with Crippen molar-refractivity contribution in [3.05, 3.63) is 11.8 Å². The normalized spacial score (nSPS) is 13.9. The third-order valence-electron chi connectivity index (χ3n) is 2.81. The van der Waals surface area contributed by atoms with E-state index < -0.39 is 5.60 Å². The summed E-state index contributed by atoms with van der Waals surface area (Å²) in [6, 6.07) is 0.129. The molecule has 0 aliphatic heterocycles. The molecule has 0 saturated carbocycles. The molecule has 0 aliphatic rings. The van der Waals surface area contributed by atoms with E-state index in [1.54, 1.807) is 7.11 Å². The molecule has 0 aromatic carbocycles. The van der Waals surface area contributed by atoms with Crippen LogP contribution in [0.4, 0.5) is 0 Å². The largest absolute Gasteiger partial charge is 0.420 e. The number of hydrogen-bond acceptors (Lipinski definition) is 5. The van der Waals surface area contributed by atoms with Gasteiger partial charge >= 0.3 is 0 Å². The first-order chi connectivity index (χ1) is 8.05. The maximum atomic E-state index is 5.68. The van der Waals surface area contributed by atoms with Crippen molar-refractivity contribution in [2.45, 2.75) is 52.2 Å². The van der Waals surface area contributed by atoms with Crippen LogP contribution in [0.15, 0.2) is 4.42 Å². The molecule has 0 aliphatic carbocycles. The highest BCUT2D eigenvalue weighted by Crippen LogP contribution is 2.24. The Morgan fingerprint density at radius 3 is 2.59 bits per heavy atom. The van der Waals surface area contributed by atoms with Crippen LogP contribution in [0.3, 0.4) is 0 Å². The van der Waals surface area contributed by atoms with E-state index in [0.717, 1.165) is 19.4 Å². The smallest absolute Gasteiger partial charge is 0.247 e. The van der Waals surface area contributed by atoms with E-state index in [0.29, 0.717) is 11.8 Å². The molecule has 5 nitrogen and oxygen atoms in total. The van der Waals surface area contributed by atoms with Gasteiger partial charge < -0.3 is 14.5 Å². The Bertz CT molecular complexity index is 336. The Morgan fingerprint density at radius 1 is 1.35 bits per heavy atom. The molecular weight excluding hydrogens is 218 g/mol. The van der Waals surface area contributed by atoms with Gasteiger partial charge in [0.1, 0.15) is 5.60 Å². The maximum absolute atomic E-state index is 5.68. The number of methoxy groups -OCH3 is 1. The second-order valence-electron chi connectivity index (χ2n) is 4.57. The summed E-state index contributed by atoms with van der Waals surface area (Å²) < 4.78 is 11.0. The number of rotatable bonds is 7. The van der Waals surface area contributed by atoms with Gasteiger partial charge in [-0.15, -0.1) is 10.2 Å². The maximum Gasteiger partial charge on any atom is 0.247 e. The van der Waals surface area contributed by atoms with Crippen molar-refractivity contribution in [1.82, 2.24) is 15.5 Å². The number of hydrogen-bond donors (Lipinski definition) is 1. The van der Waals surface area contributed by atoms with Gasteiger partial charge in [0.2, 0.25) is 11.8 Å². The van der Waals surface area contributed by atoms with Crippen molar-refractivity contribution in [2.24, 2.45) is 0 Å². The SMILES string of the molecule is CCCNC(CC)c1nnc(C(C)(C)OC)o1. The van der Waals surface area contributed by atoms with Crippen LogP contribution in [0, 0.1) is 0 Å². The van der Waals surface area contributed by atoms with E-state index in [1.165, 1.54) is 0 Å². The summed E-state index contributed by atoms with van der Waals surface area (Å²) in [5.41, 5.74) is -0.533. The number of ether oxygens (including phenoxy) is 1. The predicted molar refractivity (Wildman–Crippen MR) is 65.7 cm³/mol. The van der Waals surface area contributed by atoms with Gasteiger partial charge in [-0.2, -0.15) is 0 Å². The summed E-state index contributed by atoms with van der Waals surface area (Å²) in [5, 5.41) is 11.5. The quantitative estimate of drug-likeness (QED) is 0.794. The van der Waals surface area contributed by atoms with Crippen molar-refractivity contribution in [2.75, 3.05) is 13.7 Å². The van der Waals surface area contributed by atoms with Crippen LogP contribution in [-0.4, -0.2) is 23.9 Å². The van der Waals surface area contributed by atoms with Gasteiger partial charge in [-0.05, 0) is 33.2 Å². The van der Waals surface area contributed by atoms with Crippen molar-refractivity contribution < 1.29 is 9.15 Å². The van der Waals surface area contributed by atoms with Crippen molar-refractivity contribution >= 4 is 0 Å². The zero-order valence-electron chi connectivity index (χ0n) is 11.4. The van der Waals surface area contributed by atoms with Gasteiger partial charge in [0.15, 0.2) is 0 Å². The zero-order chi connectivity index (χ0) is 12.9. The third kappa shape index (κ3) is 3.51. The second kappa shape index (κ2) is 6.12. The van der Waals surface area contributed by atoms with E-state index in [1.807, 2.05) is 13.8 Å². The molecule has 1 rings (SSSR count). The molecule has 1 atom stereocenters. The minimum atomic E-state index is -0.533. The highest BCUT2D eigenvalue weighted by molar-refractivity contribution is 4.96. The van der Waals surface area contributed by atoms with Crippen molar-refractivity contribution in [1.29, 1.82) is 0 Å². The second-order valence-corrected chi connectivity index (χ2v) is 4.57. The molecular formula is C12H23N3O2. The average Bonchev–Trinajstić information content (AvgIpc) is 2.80. The van der Waals surface area contributed by atoms with Gasteiger partial charge in [0.05, 0.1) is 6.04 Å². The molecule has 1 heterocycles. The van der Waals surface area contributed by atoms with E-state index >= 15 is 0 Å². The van der Waals surface area contributed by atoms with Gasteiger partial charge in [-0.25, -0.2) is 0 Å². The molecule has 0 fully saturated rings. The molecule has 0 spiro atoms. The van der Waals surface area contributed by atoms with Gasteiger partial charge in [-0.1, -0.05) is 13.8 Å². The van der Waals surface area contributed by atoms with Crippen LogP contribution in [0.1, 0.15) is 58.4 Å². The van der Waals surface area contributed by atoms with Gasteiger partial charge in [-0.3, -0.25) is 0 Å². The Hall–Kier alpha value is -0.940. The van der Waals surface area contributed by atoms with E-state index in [2.05, 4.69) is 29.4 Å². The van der Waals surface area contributed by atoms with Crippen molar-refractivity contribution in [3.8, 4) is 0 Å². The molecule has 98 valence electrons. The summed E-state index contributed by atoms with van der Waals surface area (Å²) in [4.78, 5) is 0. The summed E-state index contributed by atoms with van der Waals surface area (Å²) in [5.74, 6) is 1.16. The summed E-state index contributed by atoms with van der Waals surface area (Å²) in [6.07, 6.45) is 2.01. The summed E-state index contributed by atoms with van der Waals surface area (Å²) in [6.45, 7) is 8.99. The topological polar surface area (TPSA) is 60.2 Å². The Balaban J connectivity index is 2.78. The molecule has 0 amide bonds. The van der Waals surface area contributed by atoms with E-state index in [4.69, 9.17) is 9.15 Å². The lowest BCUT2D eigenvalue weighted by molar-refractivity contribution is -0.00493. The molecule has 0 saturated heterocycles. The molecule has 0 bridgehead atoms. The highest BCUT2D eigenvalue weighted by Gasteiger charge is 2.28. The molecule has 1 aromatic rings. The lowest BCUT2D eigenvalue weighted by Gasteiger charge is -2.17. The van der Waals surface area contributed by atoms with Gasteiger partial charge in [0.25, 0.3) is 0 Å². The molecule has 0 radical (unpaired) electrons. The lowest BCUT2D eigenvalue weighted by atomic mass is 10.1. The lowest BCUT2D eigenvalue weighted by Crippen LogP contribution is -2.22. The fourth-order valence-corrected chi connectivity index (χ4v) is 1.43. The van der Waals surface area contributed by atoms with Crippen LogP contribution in [0.25, 0.3) is 0 Å². The predicted octanol–water partition coefficient (Wildman–Crippen LogP) is 2.40. The number of nitrogens with zero attached hydrogens (tertiary/aromatic N) is 2. The van der Waals surface area contributed by atoms with Gasteiger partial charge in [0, 0.05) is 7.11 Å². The summed E-state index contributed by atoms with van der Waals surface area (Å²) >= 11 is 0. The zero-order valence-corrected chi connectivity index (χ0v) is 11.4. The Labute approximate surface area is 103 Å². The van der Waals surface area contributed by atoms with Crippen LogP contribution >= 0.6 is 0 Å². The first-order valence-electron chi connectivity index (χ1n) is 6.17. The number of aromatic nitrogens is 2. The molecule has 1 aromatic heterocycles. The molecule has 17 heavy (non-hydrogen) atoms. The molecule has 1 unspecified atom stereocenters. The standard InChI is InChI=1S/C12H23N3O2/c1-6-8-13-9(7-2)10-14-15-11(17-10)12(3,4)16-5/h9,13H,6-8H2,1-5H3. The van der Waals surface area contributed by atoms with E-state index in [9.17, 15) is 0 Å². The van der Waals surface area contributed by atoms with Crippen LogP contribution < -0.4 is 5.32 Å². The number of nitrogens with one attached hydrogen (secondary N) is 1. The first-order valence-corrected chi connectivity index (χ1v) is 6.17. The minimum Gasteiger partial charge on any atom is -0.420 e. The first kappa shape index (κ1) is 14.1. The third-order valence-corrected chi connectivity index (χ3v) is 2.81. The fraction of sp³-hybridized carbons (Fsp3) is 0.833. The fourth-order valence-electron chi connectivity index (χ4n) is 1.43. The van der Waals surface area contributed by atoms with Crippen molar-refractivity contribution in [3.63, 3.8) is 0 Å². The average molecular weight is 241 g/mol. The minimum absolute atomic E-state index is 0.129. The molecule has 1 N–H and O–H groups in total. The monoisotopic (exact) mass is 241 g/mol. The van der Waals surface area contributed by atoms with Crippen LogP contribution in [-0.2, 0) is 10.3 Å². The summed E-state index contributed by atoms with van der Waals surface area (Å²) in [7, 11) is 1.64. The Morgan fingerprint density at radius 2 is 2.06 bits per heavy atom. The Kier molecular flexibility index (Phi) is 5.08. The van der Waals surface area contributed by atoms with E-state index in [-0.39, 0.29) is 6.04 Å². The van der Waals surface area contributed by atoms with Crippen LogP contribution in [0.2, 0.25) is 0 Å². The highest BCUT2D eigenvalue weighted by atomic mass is 16.5. The van der Waals surface area contributed by atoms with Crippen LogP contribution in [0.5, 0.6) is 0 Å². The molecule has 5 heteroatoms.